The van der Waals surface area contributed by atoms with E-state index in [4.69, 9.17) is 27.9 Å². The molecule has 114 valence electrons. The molecule has 0 aliphatic heterocycles. The third-order valence-electron chi connectivity index (χ3n) is 2.75. The third kappa shape index (κ3) is 4.48. The van der Waals surface area contributed by atoms with E-state index in [2.05, 4.69) is 10.5 Å². The van der Waals surface area contributed by atoms with E-state index >= 15 is 0 Å². The molecule has 1 amide bonds. The molecule has 22 heavy (non-hydrogen) atoms. The first-order valence-corrected chi connectivity index (χ1v) is 7.37. The van der Waals surface area contributed by atoms with E-state index in [0.29, 0.717) is 22.2 Å². The molecule has 2 aromatic rings. The van der Waals surface area contributed by atoms with Crippen LogP contribution in [0.25, 0.3) is 0 Å². The number of carbonyl (C=O) groups excluding carboxylic acids is 1. The van der Waals surface area contributed by atoms with Gasteiger partial charge in [-0.2, -0.15) is 5.10 Å². The SMILES string of the molecule is CCOc1ccc(C(=O)N/N=C/c2ccc(Cl)c(Cl)c2)cc1. The summed E-state index contributed by atoms with van der Waals surface area (Å²) in [5.74, 6) is 0.415. The Kier molecular flexibility index (Phi) is 5.81. The van der Waals surface area contributed by atoms with Crippen molar-refractivity contribution in [3.05, 3.63) is 63.6 Å². The second-order valence-electron chi connectivity index (χ2n) is 4.33. The standard InChI is InChI=1S/C16H14Cl2N2O2/c1-2-22-13-6-4-12(5-7-13)16(21)20-19-10-11-3-8-14(17)15(18)9-11/h3-10H,2H2,1H3,(H,20,21)/b19-10+. The first kappa shape index (κ1) is 16.3. The molecule has 0 fully saturated rings. The third-order valence-corrected chi connectivity index (χ3v) is 3.49. The number of rotatable bonds is 5. The van der Waals surface area contributed by atoms with E-state index in [0.717, 1.165) is 11.3 Å². The van der Waals surface area contributed by atoms with Crippen molar-refractivity contribution in [2.24, 2.45) is 5.10 Å². The summed E-state index contributed by atoms with van der Waals surface area (Å²) in [7, 11) is 0. The lowest BCUT2D eigenvalue weighted by Crippen LogP contribution is -2.17. The highest BCUT2D eigenvalue weighted by Crippen LogP contribution is 2.21. The van der Waals surface area contributed by atoms with Crippen LogP contribution in [0.4, 0.5) is 0 Å². The fourth-order valence-electron chi connectivity index (χ4n) is 1.69. The van der Waals surface area contributed by atoms with Crippen LogP contribution in [0.2, 0.25) is 10.0 Å². The van der Waals surface area contributed by atoms with Crippen LogP contribution >= 0.6 is 23.2 Å². The number of benzene rings is 2. The Hall–Kier alpha value is -2.04. The lowest BCUT2D eigenvalue weighted by molar-refractivity contribution is 0.0955. The van der Waals surface area contributed by atoms with E-state index in [1.54, 1.807) is 42.5 Å². The van der Waals surface area contributed by atoms with E-state index in [1.165, 1.54) is 6.21 Å². The maximum absolute atomic E-state index is 11.9. The van der Waals surface area contributed by atoms with Gasteiger partial charge in [-0.3, -0.25) is 4.79 Å². The van der Waals surface area contributed by atoms with Crippen molar-refractivity contribution >= 4 is 35.3 Å². The predicted octanol–water partition coefficient (Wildman–Crippen LogP) is 4.16. The summed E-state index contributed by atoms with van der Waals surface area (Å²) in [5, 5.41) is 4.79. The van der Waals surface area contributed by atoms with Crippen molar-refractivity contribution in [2.75, 3.05) is 6.61 Å². The fourth-order valence-corrected chi connectivity index (χ4v) is 2.00. The highest BCUT2D eigenvalue weighted by Gasteiger charge is 2.04. The van der Waals surface area contributed by atoms with Crippen molar-refractivity contribution in [3.8, 4) is 5.75 Å². The topological polar surface area (TPSA) is 50.7 Å². The molecule has 0 spiro atoms. The zero-order valence-corrected chi connectivity index (χ0v) is 13.4. The van der Waals surface area contributed by atoms with Crippen LogP contribution in [0.15, 0.2) is 47.6 Å². The number of nitrogens with one attached hydrogen (secondary N) is 1. The smallest absolute Gasteiger partial charge is 0.271 e. The molecule has 0 bridgehead atoms. The molecule has 0 saturated heterocycles. The number of hydrogen-bond donors (Lipinski definition) is 1. The van der Waals surface area contributed by atoms with Gasteiger partial charge in [-0.25, -0.2) is 5.43 Å². The summed E-state index contributed by atoms with van der Waals surface area (Å²) < 4.78 is 5.32. The van der Waals surface area contributed by atoms with Gasteiger partial charge in [-0.05, 0) is 48.9 Å². The number of hydrogen-bond acceptors (Lipinski definition) is 3. The molecule has 6 heteroatoms. The van der Waals surface area contributed by atoms with Gasteiger partial charge in [0, 0.05) is 5.56 Å². The minimum Gasteiger partial charge on any atom is -0.494 e. The highest BCUT2D eigenvalue weighted by atomic mass is 35.5. The van der Waals surface area contributed by atoms with Gasteiger partial charge in [0.05, 0.1) is 22.9 Å². The van der Waals surface area contributed by atoms with Crippen molar-refractivity contribution < 1.29 is 9.53 Å². The van der Waals surface area contributed by atoms with Crippen LogP contribution in [0, 0.1) is 0 Å². The molecule has 0 atom stereocenters. The molecule has 0 radical (unpaired) electrons. The summed E-state index contributed by atoms with van der Waals surface area (Å²) in [5.41, 5.74) is 3.68. The summed E-state index contributed by atoms with van der Waals surface area (Å²) in [6.07, 6.45) is 1.49. The number of halogens is 2. The Labute approximate surface area is 138 Å². The molecular formula is C16H14Cl2N2O2. The summed E-state index contributed by atoms with van der Waals surface area (Å²) in [6, 6.07) is 11.9. The maximum atomic E-state index is 11.9. The first-order chi connectivity index (χ1) is 10.6. The Morgan fingerprint density at radius 2 is 1.91 bits per heavy atom. The molecule has 0 saturated carbocycles. The van der Waals surface area contributed by atoms with E-state index in [-0.39, 0.29) is 5.91 Å². The van der Waals surface area contributed by atoms with Crippen molar-refractivity contribution in [2.45, 2.75) is 6.92 Å². The highest BCUT2D eigenvalue weighted by molar-refractivity contribution is 6.42. The van der Waals surface area contributed by atoms with Gasteiger partial charge in [-0.15, -0.1) is 0 Å². The van der Waals surface area contributed by atoms with Crippen molar-refractivity contribution in [1.29, 1.82) is 0 Å². The number of hydrazone groups is 1. The molecule has 2 rings (SSSR count). The van der Waals surface area contributed by atoms with E-state index in [1.807, 2.05) is 6.92 Å². The van der Waals surface area contributed by atoms with Gasteiger partial charge in [0.2, 0.25) is 0 Å². The quantitative estimate of drug-likeness (QED) is 0.658. The van der Waals surface area contributed by atoms with Gasteiger partial charge < -0.3 is 4.74 Å². The molecule has 2 aromatic carbocycles. The zero-order valence-electron chi connectivity index (χ0n) is 11.8. The minimum atomic E-state index is -0.306. The molecule has 0 heterocycles. The number of nitrogens with zero attached hydrogens (tertiary/aromatic N) is 1. The molecule has 0 aromatic heterocycles. The predicted molar refractivity (Wildman–Crippen MR) is 89.1 cm³/mol. The first-order valence-electron chi connectivity index (χ1n) is 6.61. The van der Waals surface area contributed by atoms with Crippen LogP contribution < -0.4 is 10.2 Å². The monoisotopic (exact) mass is 336 g/mol. The van der Waals surface area contributed by atoms with Gasteiger partial charge in [0.15, 0.2) is 0 Å². The average Bonchev–Trinajstić information content (AvgIpc) is 2.52. The fraction of sp³-hybridized carbons (Fsp3) is 0.125. The lowest BCUT2D eigenvalue weighted by atomic mass is 10.2. The maximum Gasteiger partial charge on any atom is 0.271 e. The van der Waals surface area contributed by atoms with Crippen LogP contribution in [-0.4, -0.2) is 18.7 Å². The minimum absolute atomic E-state index is 0.306. The van der Waals surface area contributed by atoms with E-state index in [9.17, 15) is 4.79 Å². The Bertz CT molecular complexity index is 685. The number of carbonyl (C=O) groups is 1. The summed E-state index contributed by atoms with van der Waals surface area (Å²) in [4.78, 5) is 11.9. The van der Waals surface area contributed by atoms with E-state index < -0.39 is 0 Å². The van der Waals surface area contributed by atoms with Gasteiger partial charge >= 0.3 is 0 Å². The lowest BCUT2D eigenvalue weighted by Gasteiger charge is -2.04. The normalized spacial score (nSPS) is 10.7. The molecule has 4 nitrogen and oxygen atoms in total. The Balaban J connectivity index is 1.96. The van der Waals surface area contributed by atoms with Crippen LogP contribution in [0.5, 0.6) is 5.75 Å². The molecule has 0 unspecified atom stereocenters. The molecule has 0 aliphatic rings. The summed E-state index contributed by atoms with van der Waals surface area (Å²) in [6.45, 7) is 2.48. The Morgan fingerprint density at radius 1 is 1.18 bits per heavy atom. The average molecular weight is 337 g/mol. The zero-order chi connectivity index (χ0) is 15.9. The number of amides is 1. The summed E-state index contributed by atoms with van der Waals surface area (Å²) >= 11 is 11.7. The van der Waals surface area contributed by atoms with Gasteiger partial charge in [-0.1, -0.05) is 29.3 Å². The molecule has 1 N–H and O–H groups in total. The second-order valence-corrected chi connectivity index (χ2v) is 5.14. The largest absolute Gasteiger partial charge is 0.494 e. The van der Waals surface area contributed by atoms with Crippen molar-refractivity contribution in [3.63, 3.8) is 0 Å². The van der Waals surface area contributed by atoms with Crippen LogP contribution in [0.1, 0.15) is 22.8 Å². The number of ether oxygens (including phenoxy) is 1. The van der Waals surface area contributed by atoms with Gasteiger partial charge in [0.25, 0.3) is 5.91 Å². The van der Waals surface area contributed by atoms with Crippen LogP contribution in [0.3, 0.4) is 0 Å². The molecule has 0 aliphatic carbocycles. The van der Waals surface area contributed by atoms with Crippen molar-refractivity contribution in [1.82, 2.24) is 5.43 Å². The van der Waals surface area contributed by atoms with Crippen LogP contribution in [-0.2, 0) is 0 Å². The molecular weight excluding hydrogens is 323 g/mol. The second kappa shape index (κ2) is 7.82. The Morgan fingerprint density at radius 3 is 2.55 bits per heavy atom. The van der Waals surface area contributed by atoms with Gasteiger partial charge in [0.1, 0.15) is 5.75 Å².